The number of aromatic nitrogens is 2. The maximum Gasteiger partial charge on any atom is 0.291 e. The molecule has 2 aromatic rings. The Morgan fingerprint density at radius 3 is 2.95 bits per heavy atom. The molecule has 0 radical (unpaired) electrons. The molecule has 0 fully saturated rings. The first kappa shape index (κ1) is 14.5. The number of rotatable bonds is 3. The summed E-state index contributed by atoms with van der Waals surface area (Å²) >= 11 is 9.06. The van der Waals surface area contributed by atoms with E-state index < -0.39 is 5.91 Å². The number of hydrogen-bond donors (Lipinski definition) is 3. The van der Waals surface area contributed by atoms with Crippen LogP contribution in [0, 0.1) is 6.92 Å². The lowest BCUT2D eigenvalue weighted by atomic mass is 10.2. The predicted molar refractivity (Wildman–Crippen MR) is 79.2 cm³/mol. The summed E-state index contributed by atoms with van der Waals surface area (Å²) in [5.74, 6) is -0.560. The molecule has 0 aliphatic heterocycles. The maximum absolute atomic E-state index is 11.7. The zero-order chi connectivity index (χ0) is 14.7. The Bertz CT molecular complexity index is 684. The number of carbonyl (C=O) groups excluding carboxylic acids is 1. The fourth-order valence-corrected chi connectivity index (χ4v) is 2.27. The van der Waals surface area contributed by atoms with E-state index in [9.17, 15) is 9.90 Å². The molecule has 1 aromatic carbocycles. The Kier molecular flexibility index (Phi) is 4.41. The summed E-state index contributed by atoms with van der Waals surface area (Å²) in [5, 5.41) is 20.1. The van der Waals surface area contributed by atoms with Gasteiger partial charge in [0.05, 0.1) is 11.2 Å². The minimum atomic E-state index is -0.453. The molecule has 0 aliphatic carbocycles. The Labute approximate surface area is 128 Å². The van der Waals surface area contributed by atoms with E-state index in [1.54, 1.807) is 25.1 Å². The summed E-state index contributed by atoms with van der Waals surface area (Å²) in [5.41, 5.74) is 3.69. The lowest BCUT2D eigenvalue weighted by Gasteiger charge is -2.02. The molecule has 3 N–H and O–H groups in total. The third-order valence-corrected chi connectivity index (χ3v) is 3.11. The highest BCUT2D eigenvalue weighted by atomic mass is 79.9. The fourth-order valence-electron chi connectivity index (χ4n) is 1.44. The number of aromatic hydroxyl groups is 1. The number of phenols is 1. The van der Waals surface area contributed by atoms with Crippen molar-refractivity contribution in [1.82, 2.24) is 15.6 Å². The van der Waals surface area contributed by atoms with E-state index in [1.807, 2.05) is 0 Å². The van der Waals surface area contributed by atoms with E-state index in [1.165, 1.54) is 6.21 Å². The van der Waals surface area contributed by atoms with Crippen molar-refractivity contribution < 1.29 is 9.90 Å². The molecule has 104 valence electrons. The van der Waals surface area contributed by atoms with Crippen molar-refractivity contribution in [3.05, 3.63) is 44.6 Å². The summed E-state index contributed by atoms with van der Waals surface area (Å²) in [4.78, 5) is 11.7. The first-order valence-corrected chi connectivity index (χ1v) is 6.68. The summed E-state index contributed by atoms with van der Waals surface area (Å²) in [6, 6.07) is 4.77. The van der Waals surface area contributed by atoms with Crippen LogP contribution in [0.15, 0.2) is 27.8 Å². The second-order valence-corrected chi connectivity index (χ2v) is 5.28. The van der Waals surface area contributed by atoms with Crippen molar-refractivity contribution in [3.63, 3.8) is 0 Å². The molecule has 0 saturated carbocycles. The summed E-state index contributed by atoms with van der Waals surface area (Å²) in [6.45, 7) is 1.79. The number of phenolic OH excluding ortho intramolecular Hbond substituents is 1. The molecule has 0 unspecified atom stereocenters. The first-order chi connectivity index (χ1) is 9.47. The van der Waals surface area contributed by atoms with Gasteiger partial charge < -0.3 is 5.11 Å². The topological polar surface area (TPSA) is 90.4 Å². The quantitative estimate of drug-likeness (QED) is 0.582. The number of hydrazone groups is 1. The van der Waals surface area contributed by atoms with E-state index in [0.717, 1.165) is 5.69 Å². The molecule has 0 atom stereocenters. The van der Waals surface area contributed by atoms with Crippen molar-refractivity contribution in [2.45, 2.75) is 6.92 Å². The molecule has 0 bridgehead atoms. The maximum atomic E-state index is 11.7. The molecule has 2 rings (SSSR count). The van der Waals surface area contributed by atoms with Gasteiger partial charge in [-0.3, -0.25) is 9.89 Å². The van der Waals surface area contributed by atoms with Crippen molar-refractivity contribution >= 4 is 39.7 Å². The number of hydrogen-bond acceptors (Lipinski definition) is 4. The van der Waals surface area contributed by atoms with Crippen LogP contribution in [0.2, 0.25) is 5.02 Å². The van der Waals surface area contributed by atoms with Gasteiger partial charge in [0.1, 0.15) is 5.75 Å². The minimum Gasteiger partial charge on any atom is -0.506 e. The Morgan fingerprint density at radius 2 is 2.30 bits per heavy atom. The van der Waals surface area contributed by atoms with Crippen LogP contribution in [0.3, 0.4) is 0 Å². The zero-order valence-corrected chi connectivity index (χ0v) is 12.7. The van der Waals surface area contributed by atoms with Crippen LogP contribution in [0.5, 0.6) is 5.75 Å². The molecular weight excluding hydrogens is 348 g/mol. The highest BCUT2D eigenvalue weighted by Crippen LogP contribution is 2.30. The number of halogens is 2. The molecule has 6 nitrogen and oxygen atoms in total. The van der Waals surface area contributed by atoms with Gasteiger partial charge in [0.25, 0.3) is 5.91 Å². The van der Waals surface area contributed by atoms with Gasteiger partial charge in [-0.25, -0.2) is 5.43 Å². The molecule has 0 spiro atoms. The molecule has 20 heavy (non-hydrogen) atoms. The third-order valence-electron chi connectivity index (χ3n) is 2.37. The Morgan fingerprint density at radius 1 is 1.55 bits per heavy atom. The van der Waals surface area contributed by atoms with Crippen LogP contribution in [0.1, 0.15) is 21.7 Å². The van der Waals surface area contributed by atoms with Crippen molar-refractivity contribution in [3.8, 4) is 5.75 Å². The van der Waals surface area contributed by atoms with Gasteiger partial charge in [0.15, 0.2) is 5.69 Å². The molecular formula is C12H10BrClN4O2. The van der Waals surface area contributed by atoms with Gasteiger partial charge in [0, 0.05) is 15.7 Å². The summed E-state index contributed by atoms with van der Waals surface area (Å²) in [7, 11) is 0. The van der Waals surface area contributed by atoms with E-state index in [0.29, 0.717) is 10.0 Å². The van der Waals surface area contributed by atoms with Crippen molar-refractivity contribution in [2.75, 3.05) is 0 Å². The van der Waals surface area contributed by atoms with Crippen LogP contribution in [-0.4, -0.2) is 27.4 Å². The summed E-state index contributed by atoms with van der Waals surface area (Å²) < 4.78 is 0.691. The molecule has 1 aromatic heterocycles. The van der Waals surface area contributed by atoms with Crippen molar-refractivity contribution in [1.29, 1.82) is 0 Å². The second kappa shape index (κ2) is 6.06. The van der Waals surface area contributed by atoms with Crippen LogP contribution in [0.4, 0.5) is 0 Å². The molecule has 1 amide bonds. The number of nitrogens with zero attached hydrogens (tertiary/aromatic N) is 2. The lowest BCUT2D eigenvalue weighted by molar-refractivity contribution is 0.0950. The molecule has 8 heteroatoms. The second-order valence-electron chi connectivity index (χ2n) is 3.96. The number of aryl methyl sites for hydroxylation is 1. The van der Waals surface area contributed by atoms with Crippen LogP contribution in [0.25, 0.3) is 0 Å². The normalized spacial score (nSPS) is 10.9. The SMILES string of the molecule is Cc1cc(C(=O)N/N=C/c2cc(Br)cc(Cl)c2O)n[nH]1. The zero-order valence-electron chi connectivity index (χ0n) is 10.3. The number of aromatic amines is 1. The Balaban J connectivity index is 2.09. The highest BCUT2D eigenvalue weighted by Gasteiger charge is 2.08. The van der Waals surface area contributed by atoms with Gasteiger partial charge >= 0.3 is 0 Å². The molecule has 1 heterocycles. The average Bonchev–Trinajstić information content (AvgIpc) is 2.81. The van der Waals surface area contributed by atoms with Crippen molar-refractivity contribution in [2.24, 2.45) is 5.10 Å². The predicted octanol–water partition coefficient (Wildman–Crippen LogP) is 2.60. The smallest absolute Gasteiger partial charge is 0.291 e. The standard InChI is InChI=1S/C12H10BrClN4O2/c1-6-2-10(17-16-6)12(20)18-15-5-7-3-8(13)4-9(14)11(7)19/h2-5,19H,1H3,(H,16,17)(H,18,20)/b15-5+. The highest BCUT2D eigenvalue weighted by molar-refractivity contribution is 9.10. The Hall–Kier alpha value is -1.86. The number of H-pyrrole nitrogens is 1. The van der Waals surface area contributed by atoms with Gasteiger partial charge in [-0.15, -0.1) is 0 Å². The van der Waals surface area contributed by atoms with Gasteiger partial charge in [-0.1, -0.05) is 27.5 Å². The number of benzene rings is 1. The third kappa shape index (κ3) is 3.37. The van der Waals surface area contributed by atoms with Crippen LogP contribution in [-0.2, 0) is 0 Å². The monoisotopic (exact) mass is 356 g/mol. The van der Waals surface area contributed by atoms with Gasteiger partial charge in [0.2, 0.25) is 0 Å². The summed E-state index contributed by atoms with van der Waals surface area (Å²) in [6.07, 6.45) is 1.30. The van der Waals surface area contributed by atoms with Crippen LogP contribution >= 0.6 is 27.5 Å². The largest absolute Gasteiger partial charge is 0.506 e. The van der Waals surface area contributed by atoms with Gasteiger partial charge in [-0.05, 0) is 25.1 Å². The average molecular weight is 358 g/mol. The first-order valence-electron chi connectivity index (χ1n) is 5.51. The van der Waals surface area contributed by atoms with E-state index in [4.69, 9.17) is 11.6 Å². The minimum absolute atomic E-state index is 0.108. The number of nitrogens with one attached hydrogen (secondary N) is 2. The fraction of sp³-hybridized carbons (Fsp3) is 0.0833. The van der Waals surface area contributed by atoms with E-state index in [-0.39, 0.29) is 16.5 Å². The lowest BCUT2D eigenvalue weighted by Crippen LogP contribution is -2.18. The molecule has 0 aliphatic rings. The van der Waals surface area contributed by atoms with E-state index >= 15 is 0 Å². The van der Waals surface area contributed by atoms with Gasteiger partial charge in [-0.2, -0.15) is 10.2 Å². The number of amides is 1. The van der Waals surface area contributed by atoms with E-state index in [2.05, 4.69) is 36.7 Å². The van der Waals surface area contributed by atoms with Crippen LogP contribution < -0.4 is 5.43 Å². The number of carbonyl (C=O) groups is 1. The molecule has 0 saturated heterocycles.